The van der Waals surface area contributed by atoms with Crippen molar-refractivity contribution in [1.82, 2.24) is 10.2 Å². The molecule has 1 aromatic carbocycles. The molecular weight excluding hydrogens is 500 g/mol. The number of fused-ring (bicyclic) bond motifs is 1. The van der Waals surface area contributed by atoms with Gasteiger partial charge in [-0.15, -0.1) is 0 Å². The number of nitrogens with zero attached hydrogens (tertiary/aromatic N) is 1. The van der Waals surface area contributed by atoms with Crippen molar-refractivity contribution >= 4 is 23.8 Å². The predicted molar refractivity (Wildman–Crippen MR) is 145 cm³/mol. The summed E-state index contributed by atoms with van der Waals surface area (Å²) >= 11 is 0. The van der Waals surface area contributed by atoms with Crippen LogP contribution >= 0.6 is 0 Å². The van der Waals surface area contributed by atoms with Gasteiger partial charge >= 0.3 is 11.9 Å². The van der Waals surface area contributed by atoms with Crippen molar-refractivity contribution in [3.63, 3.8) is 0 Å². The molecule has 0 aliphatic carbocycles. The summed E-state index contributed by atoms with van der Waals surface area (Å²) in [5.41, 5.74) is 0.342. The first-order chi connectivity index (χ1) is 18.6. The molecule has 0 unspecified atom stereocenters. The van der Waals surface area contributed by atoms with E-state index in [1.165, 1.54) is 0 Å². The Morgan fingerprint density at radius 3 is 2.46 bits per heavy atom. The first-order valence-corrected chi connectivity index (χ1v) is 13.8. The van der Waals surface area contributed by atoms with Gasteiger partial charge in [-0.1, -0.05) is 42.5 Å². The molecule has 0 bridgehead atoms. The second-order valence-corrected chi connectivity index (χ2v) is 11.4. The summed E-state index contributed by atoms with van der Waals surface area (Å²) in [6.45, 7) is 5.71. The number of carbonyl (C=O) groups is 4. The highest BCUT2D eigenvalue weighted by Crippen LogP contribution is 2.26. The topological polar surface area (TPSA) is 122 Å². The Kier molecular flexibility index (Phi) is 11.1. The van der Waals surface area contributed by atoms with Crippen LogP contribution in [-0.2, 0) is 35.1 Å². The summed E-state index contributed by atoms with van der Waals surface area (Å²) in [5, 5.41) is 12.7. The molecule has 1 fully saturated rings. The number of rotatable bonds is 8. The third-order valence-electron chi connectivity index (χ3n) is 6.94. The molecule has 2 heterocycles. The fraction of sp³-hybridized carbons (Fsp3) is 0.600. The summed E-state index contributed by atoms with van der Waals surface area (Å²) in [6, 6.07) is 8.88. The Morgan fingerprint density at radius 1 is 1.10 bits per heavy atom. The number of ether oxygens (including phenoxy) is 2. The lowest BCUT2D eigenvalue weighted by molar-refractivity contribution is -0.162. The van der Waals surface area contributed by atoms with Crippen molar-refractivity contribution in [2.45, 2.75) is 83.4 Å². The second-order valence-electron chi connectivity index (χ2n) is 11.4. The van der Waals surface area contributed by atoms with Gasteiger partial charge in [-0.2, -0.15) is 0 Å². The molecule has 214 valence electrons. The average Bonchev–Trinajstić information content (AvgIpc) is 3.35. The van der Waals surface area contributed by atoms with E-state index in [2.05, 4.69) is 5.32 Å². The Labute approximate surface area is 230 Å². The van der Waals surface area contributed by atoms with Crippen molar-refractivity contribution in [3.05, 3.63) is 48.0 Å². The molecule has 9 nitrogen and oxygen atoms in total. The van der Waals surface area contributed by atoms with Crippen molar-refractivity contribution < 1.29 is 33.8 Å². The highest BCUT2D eigenvalue weighted by atomic mass is 16.6. The van der Waals surface area contributed by atoms with Crippen LogP contribution in [0, 0.1) is 11.8 Å². The number of nitrogens with one attached hydrogen (secondary N) is 1. The number of cyclic esters (lactones) is 1. The van der Waals surface area contributed by atoms with E-state index in [1.54, 1.807) is 37.8 Å². The monoisotopic (exact) mass is 542 g/mol. The molecule has 0 saturated carbocycles. The van der Waals surface area contributed by atoms with E-state index in [9.17, 15) is 24.3 Å². The number of carbonyl (C=O) groups excluding carboxylic acids is 4. The standard InChI is InChI=1S/C30H42N2O7/c1-30(2,3)39-27(35)18-23-13-8-7-12-22(28(36)32-15-9-14-25(32)20-38-29(23)37)17-26(34)31-24(19-33)16-21-10-5-4-6-11-21/h4-8,10-11,22-25,33H,9,12-20H2,1-3H3,(H,31,34)/b8-7+/t22-,23-,24+,25+/m1/s1. The van der Waals surface area contributed by atoms with Crippen molar-refractivity contribution in [2.24, 2.45) is 11.8 Å². The minimum atomic E-state index is -0.689. The first kappa shape index (κ1) is 30.3. The van der Waals surface area contributed by atoms with Gasteiger partial charge in [-0.05, 0) is 58.4 Å². The predicted octanol–water partition coefficient (Wildman–Crippen LogP) is 2.94. The number of aliphatic hydroxyl groups is 1. The van der Waals surface area contributed by atoms with E-state index in [-0.39, 0.29) is 50.3 Å². The highest BCUT2D eigenvalue weighted by molar-refractivity contribution is 5.86. The van der Waals surface area contributed by atoms with Gasteiger partial charge in [-0.3, -0.25) is 19.2 Å². The van der Waals surface area contributed by atoms with Gasteiger partial charge in [-0.25, -0.2) is 0 Å². The molecule has 4 atom stereocenters. The van der Waals surface area contributed by atoms with Gasteiger partial charge in [0.25, 0.3) is 0 Å². The summed E-state index contributed by atoms with van der Waals surface area (Å²) in [4.78, 5) is 53.4. The molecule has 0 spiro atoms. The van der Waals surface area contributed by atoms with E-state index in [4.69, 9.17) is 9.47 Å². The first-order valence-electron chi connectivity index (χ1n) is 13.8. The molecule has 2 amide bonds. The van der Waals surface area contributed by atoms with Crippen LogP contribution in [0.2, 0.25) is 0 Å². The largest absolute Gasteiger partial charge is 0.463 e. The van der Waals surface area contributed by atoms with Gasteiger partial charge in [0.15, 0.2) is 0 Å². The maximum atomic E-state index is 13.5. The normalized spacial score (nSPS) is 24.0. The Balaban J connectivity index is 1.69. The lowest BCUT2D eigenvalue weighted by Gasteiger charge is -2.29. The highest BCUT2D eigenvalue weighted by Gasteiger charge is 2.36. The maximum Gasteiger partial charge on any atom is 0.309 e. The number of aliphatic hydroxyl groups excluding tert-OH is 1. The molecule has 2 aliphatic rings. The minimum absolute atomic E-state index is 0.0151. The smallest absolute Gasteiger partial charge is 0.309 e. The van der Waals surface area contributed by atoms with Crippen LogP contribution in [0.15, 0.2) is 42.5 Å². The van der Waals surface area contributed by atoms with Crippen LogP contribution in [0.4, 0.5) is 0 Å². The average molecular weight is 543 g/mol. The molecule has 2 N–H and O–H groups in total. The molecular formula is C30H42N2O7. The van der Waals surface area contributed by atoms with Crippen LogP contribution in [0.5, 0.6) is 0 Å². The van der Waals surface area contributed by atoms with E-state index in [1.807, 2.05) is 30.3 Å². The van der Waals surface area contributed by atoms with Gasteiger partial charge in [0, 0.05) is 13.0 Å². The number of hydrogen-bond acceptors (Lipinski definition) is 7. The Morgan fingerprint density at radius 2 is 1.79 bits per heavy atom. The van der Waals surface area contributed by atoms with Gasteiger partial charge in [0.1, 0.15) is 12.2 Å². The van der Waals surface area contributed by atoms with Crippen LogP contribution in [0.25, 0.3) is 0 Å². The second kappa shape index (κ2) is 14.3. The molecule has 1 saturated heterocycles. The van der Waals surface area contributed by atoms with E-state index >= 15 is 0 Å². The molecule has 0 aromatic heterocycles. The number of allylic oxidation sites excluding steroid dienone is 2. The lowest BCUT2D eigenvalue weighted by atomic mass is 9.95. The van der Waals surface area contributed by atoms with Crippen LogP contribution in [-0.4, -0.2) is 71.2 Å². The third kappa shape index (κ3) is 9.80. The van der Waals surface area contributed by atoms with Gasteiger partial charge < -0.3 is 24.8 Å². The number of amides is 2. The van der Waals surface area contributed by atoms with Gasteiger partial charge in [0.2, 0.25) is 11.8 Å². The summed E-state index contributed by atoms with van der Waals surface area (Å²) in [7, 11) is 0. The third-order valence-corrected chi connectivity index (χ3v) is 6.94. The fourth-order valence-corrected chi connectivity index (χ4v) is 5.04. The molecule has 0 radical (unpaired) electrons. The molecule has 9 heteroatoms. The zero-order valence-electron chi connectivity index (χ0n) is 23.3. The quantitative estimate of drug-likeness (QED) is 0.383. The van der Waals surface area contributed by atoms with Crippen LogP contribution in [0.3, 0.4) is 0 Å². The van der Waals surface area contributed by atoms with E-state index in [0.717, 1.165) is 12.0 Å². The van der Waals surface area contributed by atoms with Gasteiger partial charge in [0.05, 0.1) is 36.9 Å². The zero-order chi connectivity index (χ0) is 28.4. The fourth-order valence-electron chi connectivity index (χ4n) is 5.04. The summed E-state index contributed by atoms with van der Waals surface area (Å²) in [6.07, 6.45) is 6.02. The number of esters is 2. The van der Waals surface area contributed by atoms with E-state index in [0.29, 0.717) is 25.8 Å². The molecule has 2 aliphatic heterocycles. The molecule has 1 aromatic rings. The minimum Gasteiger partial charge on any atom is -0.463 e. The molecule has 3 rings (SSSR count). The van der Waals surface area contributed by atoms with Crippen LogP contribution < -0.4 is 5.32 Å². The molecule has 39 heavy (non-hydrogen) atoms. The maximum absolute atomic E-state index is 13.5. The lowest BCUT2D eigenvalue weighted by Crippen LogP contribution is -2.45. The Bertz CT molecular complexity index is 1020. The zero-order valence-corrected chi connectivity index (χ0v) is 23.3. The van der Waals surface area contributed by atoms with Crippen molar-refractivity contribution in [1.29, 1.82) is 0 Å². The summed E-state index contributed by atoms with van der Waals surface area (Å²) < 4.78 is 11.0. The SMILES string of the molecule is CC(C)(C)OC(=O)C[C@H]1C/C=C/C[C@H](CC(=O)N[C@H](CO)Cc2ccccc2)C(=O)N2CCC[C@H]2COC1=O. The Hall–Kier alpha value is -3.20. The van der Waals surface area contributed by atoms with Crippen molar-refractivity contribution in [2.75, 3.05) is 19.8 Å². The van der Waals surface area contributed by atoms with Crippen LogP contribution in [0.1, 0.15) is 64.9 Å². The van der Waals surface area contributed by atoms with Crippen molar-refractivity contribution in [3.8, 4) is 0 Å². The number of hydrogen-bond donors (Lipinski definition) is 2. The van der Waals surface area contributed by atoms with E-state index < -0.39 is 35.4 Å². The summed E-state index contributed by atoms with van der Waals surface area (Å²) in [5.74, 6) is -2.65. The number of benzene rings is 1.